The van der Waals surface area contributed by atoms with Gasteiger partial charge in [-0.2, -0.15) is 5.10 Å². The Morgan fingerprint density at radius 3 is 2.65 bits per heavy atom. The zero-order chi connectivity index (χ0) is 14.7. The van der Waals surface area contributed by atoms with Crippen LogP contribution in [0, 0.1) is 13.8 Å². The number of carboxylic acids is 1. The number of carbonyl (C=O) groups is 1. The van der Waals surface area contributed by atoms with E-state index >= 15 is 0 Å². The Bertz CT molecular complexity index is 705. The van der Waals surface area contributed by atoms with Gasteiger partial charge in [0.25, 0.3) is 5.56 Å². The first-order chi connectivity index (χ1) is 9.47. The molecule has 0 bridgehead atoms. The molecule has 0 aliphatic heterocycles. The van der Waals surface area contributed by atoms with Gasteiger partial charge in [-0.05, 0) is 43.5 Å². The third kappa shape index (κ3) is 3.12. The molecule has 0 unspecified atom stereocenters. The second kappa shape index (κ2) is 5.69. The zero-order valence-electron chi connectivity index (χ0n) is 11.4. The molecule has 5 heteroatoms. The quantitative estimate of drug-likeness (QED) is 0.892. The first kappa shape index (κ1) is 14.0. The van der Waals surface area contributed by atoms with Crippen molar-refractivity contribution in [3.05, 3.63) is 51.3 Å². The maximum absolute atomic E-state index is 11.6. The van der Waals surface area contributed by atoms with E-state index in [1.807, 2.05) is 32.0 Å². The van der Waals surface area contributed by atoms with E-state index in [2.05, 4.69) is 10.2 Å². The SMILES string of the molecule is Cc1ccc(-c2cc(CCC(=O)O)c(=O)[nH]n2)cc1C. The summed E-state index contributed by atoms with van der Waals surface area (Å²) in [5.74, 6) is -0.922. The van der Waals surface area contributed by atoms with Crippen LogP contribution in [0.25, 0.3) is 11.3 Å². The molecule has 0 radical (unpaired) electrons. The third-order valence-electron chi connectivity index (χ3n) is 3.29. The second-order valence-corrected chi connectivity index (χ2v) is 4.80. The van der Waals surface area contributed by atoms with Gasteiger partial charge in [-0.3, -0.25) is 9.59 Å². The van der Waals surface area contributed by atoms with E-state index in [4.69, 9.17) is 5.11 Å². The largest absolute Gasteiger partial charge is 0.481 e. The van der Waals surface area contributed by atoms with E-state index in [1.165, 1.54) is 5.56 Å². The average Bonchev–Trinajstić information content (AvgIpc) is 2.41. The Morgan fingerprint density at radius 1 is 1.25 bits per heavy atom. The van der Waals surface area contributed by atoms with E-state index in [0.717, 1.165) is 11.1 Å². The van der Waals surface area contributed by atoms with Crippen molar-refractivity contribution in [1.82, 2.24) is 10.2 Å². The predicted octanol–water partition coefficient (Wildman–Crippen LogP) is 2.07. The van der Waals surface area contributed by atoms with Crippen LogP contribution in [0.4, 0.5) is 0 Å². The van der Waals surface area contributed by atoms with E-state index in [9.17, 15) is 9.59 Å². The minimum atomic E-state index is -0.922. The van der Waals surface area contributed by atoms with Gasteiger partial charge in [-0.25, -0.2) is 5.10 Å². The first-order valence-corrected chi connectivity index (χ1v) is 6.35. The van der Waals surface area contributed by atoms with Crippen molar-refractivity contribution in [2.24, 2.45) is 0 Å². The van der Waals surface area contributed by atoms with E-state index in [0.29, 0.717) is 11.3 Å². The topological polar surface area (TPSA) is 83.0 Å². The lowest BCUT2D eigenvalue weighted by molar-refractivity contribution is -0.136. The number of aryl methyl sites for hydroxylation is 3. The third-order valence-corrected chi connectivity index (χ3v) is 3.29. The highest BCUT2D eigenvalue weighted by molar-refractivity contribution is 5.67. The fraction of sp³-hybridized carbons (Fsp3) is 0.267. The van der Waals surface area contributed by atoms with Crippen molar-refractivity contribution in [3.8, 4) is 11.3 Å². The van der Waals surface area contributed by atoms with Gasteiger partial charge >= 0.3 is 5.97 Å². The van der Waals surface area contributed by atoms with Crippen molar-refractivity contribution in [1.29, 1.82) is 0 Å². The Kier molecular flexibility index (Phi) is 3.98. The molecular formula is C15H16N2O3. The molecular weight excluding hydrogens is 256 g/mol. The smallest absolute Gasteiger partial charge is 0.303 e. The number of nitrogens with zero attached hydrogens (tertiary/aromatic N) is 1. The molecule has 2 rings (SSSR count). The van der Waals surface area contributed by atoms with E-state index in [-0.39, 0.29) is 18.4 Å². The molecule has 1 aromatic carbocycles. The summed E-state index contributed by atoms with van der Waals surface area (Å²) in [5.41, 5.74) is 3.98. The minimum absolute atomic E-state index is 0.0700. The van der Waals surface area contributed by atoms with Gasteiger partial charge in [-0.15, -0.1) is 0 Å². The Morgan fingerprint density at radius 2 is 2.00 bits per heavy atom. The van der Waals surface area contributed by atoms with Gasteiger partial charge < -0.3 is 5.11 Å². The van der Waals surface area contributed by atoms with E-state index < -0.39 is 5.97 Å². The number of nitrogens with one attached hydrogen (secondary N) is 1. The summed E-state index contributed by atoms with van der Waals surface area (Å²) in [5, 5.41) is 15.1. The number of rotatable bonds is 4. The molecule has 0 saturated carbocycles. The van der Waals surface area contributed by atoms with E-state index in [1.54, 1.807) is 6.07 Å². The second-order valence-electron chi connectivity index (χ2n) is 4.80. The van der Waals surface area contributed by atoms with Crippen LogP contribution in [0.1, 0.15) is 23.1 Å². The van der Waals surface area contributed by atoms with Crippen LogP contribution in [0.3, 0.4) is 0 Å². The zero-order valence-corrected chi connectivity index (χ0v) is 11.4. The maximum atomic E-state index is 11.6. The van der Waals surface area contributed by atoms with Gasteiger partial charge in [0.05, 0.1) is 5.69 Å². The van der Waals surface area contributed by atoms with Gasteiger partial charge in [0.15, 0.2) is 0 Å². The fourth-order valence-electron chi connectivity index (χ4n) is 1.92. The van der Waals surface area contributed by atoms with Crippen LogP contribution in [-0.2, 0) is 11.2 Å². The van der Waals surface area contributed by atoms with Crippen molar-refractivity contribution >= 4 is 5.97 Å². The van der Waals surface area contributed by atoms with Gasteiger partial charge in [-0.1, -0.05) is 12.1 Å². The number of H-pyrrole nitrogens is 1. The molecule has 2 N–H and O–H groups in total. The summed E-state index contributed by atoms with van der Waals surface area (Å²) in [6.45, 7) is 4.04. The molecule has 0 saturated heterocycles. The highest BCUT2D eigenvalue weighted by Gasteiger charge is 2.08. The number of aromatic amines is 1. The van der Waals surface area contributed by atoms with Gasteiger partial charge in [0.2, 0.25) is 0 Å². The molecule has 0 amide bonds. The summed E-state index contributed by atoms with van der Waals surface area (Å²) in [4.78, 5) is 22.2. The number of hydrogen-bond donors (Lipinski definition) is 2. The van der Waals surface area contributed by atoms with Crippen LogP contribution in [0.15, 0.2) is 29.1 Å². The number of benzene rings is 1. The summed E-state index contributed by atoms with van der Waals surface area (Å²) >= 11 is 0. The number of aromatic nitrogens is 2. The van der Waals surface area contributed by atoms with Crippen molar-refractivity contribution < 1.29 is 9.90 Å². The molecule has 5 nitrogen and oxygen atoms in total. The highest BCUT2D eigenvalue weighted by atomic mass is 16.4. The van der Waals surface area contributed by atoms with Crippen LogP contribution in [-0.4, -0.2) is 21.3 Å². The first-order valence-electron chi connectivity index (χ1n) is 6.35. The van der Waals surface area contributed by atoms with Gasteiger partial charge in [0.1, 0.15) is 0 Å². The molecule has 0 atom stereocenters. The normalized spacial score (nSPS) is 10.5. The molecule has 104 valence electrons. The molecule has 1 aromatic heterocycles. The molecule has 2 aromatic rings. The molecule has 20 heavy (non-hydrogen) atoms. The van der Waals surface area contributed by atoms with Crippen LogP contribution >= 0.6 is 0 Å². The lowest BCUT2D eigenvalue weighted by Gasteiger charge is -2.06. The monoisotopic (exact) mass is 272 g/mol. The van der Waals surface area contributed by atoms with Crippen molar-refractivity contribution in [3.63, 3.8) is 0 Å². The predicted molar refractivity (Wildman–Crippen MR) is 75.7 cm³/mol. The molecule has 0 aliphatic carbocycles. The Balaban J connectivity index is 2.37. The van der Waals surface area contributed by atoms with Gasteiger partial charge in [0, 0.05) is 17.5 Å². The standard InChI is InChI=1S/C15H16N2O3/c1-9-3-4-11(7-10(9)2)13-8-12(5-6-14(18)19)15(20)17-16-13/h3-4,7-8H,5-6H2,1-2H3,(H,17,20)(H,18,19). The summed E-state index contributed by atoms with van der Waals surface area (Å²) in [6, 6.07) is 7.58. The average molecular weight is 272 g/mol. The Hall–Kier alpha value is -2.43. The van der Waals surface area contributed by atoms with Crippen LogP contribution in [0.2, 0.25) is 0 Å². The van der Waals surface area contributed by atoms with Crippen molar-refractivity contribution in [2.45, 2.75) is 26.7 Å². The minimum Gasteiger partial charge on any atom is -0.481 e. The number of hydrogen-bond acceptors (Lipinski definition) is 3. The maximum Gasteiger partial charge on any atom is 0.303 e. The van der Waals surface area contributed by atoms with Crippen LogP contribution < -0.4 is 5.56 Å². The van der Waals surface area contributed by atoms with Crippen molar-refractivity contribution in [2.75, 3.05) is 0 Å². The number of carboxylic acid groups (broad SMARTS) is 1. The Labute approximate surface area is 116 Å². The number of aliphatic carboxylic acids is 1. The highest BCUT2D eigenvalue weighted by Crippen LogP contribution is 2.20. The fourth-order valence-corrected chi connectivity index (χ4v) is 1.92. The molecule has 0 spiro atoms. The summed E-state index contributed by atoms with van der Waals surface area (Å²) in [6.07, 6.45) is 0.129. The lowest BCUT2D eigenvalue weighted by Crippen LogP contribution is -2.15. The molecule has 1 heterocycles. The summed E-state index contributed by atoms with van der Waals surface area (Å²) in [7, 11) is 0. The molecule has 0 aliphatic rings. The van der Waals surface area contributed by atoms with Crippen LogP contribution in [0.5, 0.6) is 0 Å². The lowest BCUT2D eigenvalue weighted by atomic mass is 10.0. The molecule has 0 fully saturated rings. The summed E-state index contributed by atoms with van der Waals surface area (Å²) < 4.78 is 0.